The normalized spacial score (nSPS) is 30.9. The molecule has 25 heavy (non-hydrogen) atoms. The Hall–Kier alpha value is -0.986. The van der Waals surface area contributed by atoms with E-state index in [1.165, 1.54) is 4.90 Å². The molecule has 2 saturated heterocycles. The first-order valence-corrected chi connectivity index (χ1v) is 16.6. The summed E-state index contributed by atoms with van der Waals surface area (Å²) in [5, 5.41) is 0. The Morgan fingerprint density at radius 1 is 0.840 bits per heavy atom. The lowest BCUT2D eigenvalue weighted by atomic mass is 9.89. The molecule has 4 atom stereocenters. The van der Waals surface area contributed by atoms with Gasteiger partial charge in [0.1, 0.15) is 0 Å². The summed E-state index contributed by atoms with van der Waals surface area (Å²) in [7, 11) is -0.768. The monoisotopic (exact) mass is 379 g/mol. The number of hydrogen-bond acceptors (Lipinski definition) is 3. The molecule has 2 amide bonds. The molecule has 4 nitrogen and oxygen atoms in total. The number of rotatable bonds is 6. The van der Waals surface area contributed by atoms with Gasteiger partial charge in [-0.05, 0) is 12.1 Å². The molecular formula is C19H33NO3Si2. The average molecular weight is 380 g/mol. The van der Waals surface area contributed by atoms with Gasteiger partial charge in [-0.15, -0.1) is 0 Å². The fourth-order valence-corrected chi connectivity index (χ4v) is 5.03. The molecule has 2 heterocycles. The molecule has 2 fully saturated rings. The minimum Gasteiger partial charge on any atom is -0.365 e. The predicted molar refractivity (Wildman–Crippen MR) is 108 cm³/mol. The van der Waals surface area contributed by atoms with Crippen molar-refractivity contribution >= 4 is 28.0 Å². The molecule has 0 radical (unpaired) electrons. The van der Waals surface area contributed by atoms with Crippen LogP contribution in [0.15, 0.2) is 24.3 Å². The second-order valence-corrected chi connectivity index (χ2v) is 20.8. The summed E-state index contributed by atoms with van der Waals surface area (Å²) in [5.74, 6) is -0.925. The highest BCUT2D eigenvalue weighted by Gasteiger charge is 2.57. The highest BCUT2D eigenvalue weighted by atomic mass is 28.3. The number of nitrogens with zero attached hydrogens (tertiary/aromatic N) is 1. The maximum Gasteiger partial charge on any atom is 0.235 e. The SMILES string of the molecule is CN1C(=O)[C@@H]2[C@H](/C=C/C[Si](C)(C)C)OC(/C=C/C[Si](C)(C)C)[C@@H]2C1=O. The van der Waals surface area contributed by atoms with E-state index in [-0.39, 0.29) is 35.9 Å². The van der Waals surface area contributed by atoms with Gasteiger partial charge in [0, 0.05) is 23.2 Å². The molecule has 0 spiro atoms. The molecule has 1 unspecified atom stereocenters. The van der Waals surface area contributed by atoms with Gasteiger partial charge in [-0.25, -0.2) is 0 Å². The Bertz CT molecular complexity index is 536. The van der Waals surface area contributed by atoms with Crippen LogP contribution in [-0.2, 0) is 14.3 Å². The van der Waals surface area contributed by atoms with Crippen molar-refractivity contribution in [2.24, 2.45) is 11.8 Å². The van der Waals surface area contributed by atoms with E-state index < -0.39 is 16.1 Å². The topological polar surface area (TPSA) is 46.6 Å². The Morgan fingerprint density at radius 2 is 1.20 bits per heavy atom. The van der Waals surface area contributed by atoms with Crippen LogP contribution >= 0.6 is 0 Å². The second-order valence-electron chi connectivity index (χ2n) is 9.74. The van der Waals surface area contributed by atoms with E-state index in [1.54, 1.807) is 7.05 Å². The van der Waals surface area contributed by atoms with Crippen molar-refractivity contribution < 1.29 is 14.3 Å². The van der Waals surface area contributed by atoms with E-state index in [0.717, 1.165) is 12.1 Å². The lowest BCUT2D eigenvalue weighted by molar-refractivity contribution is -0.140. The smallest absolute Gasteiger partial charge is 0.235 e. The quantitative estimate of drug-likeness (QED) is 0.401. The van der Waals surface area contributed by atoms with Gasteiger partial charge in [-0.3, -0.25) is 14.5 Å². The Labute approximate surface area is 154 Å². The molecule has 2 rings (SSSR count). The van der Waals surface area contributed by atoms with Gasteiger partial charge >= 0.3 is 0 Å². The number of allylic oxidation sites excluding steroid dienone is 2. The fourth-order valence-electron chi connectivity index (χ4n) is 3.35. The van der Waals surface area contributed by atoms with Crippen molar-refractivity contribution in [2.75, 3.05) is 7.05 Å². The van der Waals surface area contributed by atoms with Crippen LogP contribution in [0.25, 0.3) is 0 Å². The van der Waals surface area contributed by atoms with E-state index >= 15 is 0 Å². The van der Waals surface area contributed by atoms with Crippen molar-refractivity contribution in [3.8, 4) is 0 Å². The van der Waals surface area contributed by atoms with E-state index in [9.17, 15) is 9.59 Å². The molecule has 0 saturated carbocycles. The third kappa shape index (κ3) is 5.02. The summed E-state index contributed by atoms with van der Waals surface area (Å²) in [6.07, 6.45) is 7.77. The molecule has 0 aromatic heterocycles. The number of likely N-dealkylation sites (tertiary alicyclic amines) is 1. The van der Waals surface area contributed by atoms with Gasteiger partial charge in [0.2, 0.25) is 11.8 Å². The highest BCUT2D eigenvalue weighted by Crippen LogP contribution is 2.41. The summed E-state index contributed by atoms with van der Waals surface area (Å²) >= 11 is 0. The average Bonchev–Trinajstić information content (AvgIpc) is 2.90. The molecule has 0 aromatic carbocycles. The van der Waals surface area contributed by atoms with Crippen LogP contribution in [-0.4, -0.2) is 52.1 Å². The van der Waals surface area contributed by atoms with Crippen LogP contribution in [0, 0.1) is 11.8 Å². The van der Waals surface area contributed by atoms with E-state index in [4.69, 9.17) is 4.74 Å². The van der Waals surface area contributed by atoms with Crippen LogP contribution < -0.4 is 0 Å². The van der Waals surface area contributed by atoms with Crippen molar-refractivity contribution in [2.45, 2.75) is 63.6 Å². The maximum absolute atomic E-state index is 12.5. The summed E-state index contributed by atoms with van der Waals surface area (Å²) in [4.78, 5) is 26.3. The standard InChI is InChI=1S/C19H33NO3Si2/c1-20-18(21)16-14(10-8-12-24(2,3)4)23-15(17(16)19(20)22)11-9-13-25(5,6)7/h8-11,14-17H,12-13H2,1-7H3/b10-8+,11-9+/t14-,15?,16+,17-/m0/s1. The summed E-state index contributed by atoms with van der Waals surface area (Å²) < 4.78 is 6.14. The lowest BCUT2D eigenvalue weighted by Crippen LogP contribution is -2.32. The molecule has 2 aliphatic rings. The van der Waals surface area contributed by atoms with Crippen LogP contribution in [0.1, 0.15) is 0 Å². The Kier molecular flexibility index (Phi) is 5.96. The fraction of sp³-hybridized carbons (Fsp3) is 0.684. The number of ether oxygens (including phenoxy) is 1. The Balaban J connectivity index is 2.17. The zero-order chi connectivity index (χ0) is 19.0. The van der Waals surface area contributed by atoms with Gasteiger partial charge in [-0.1, -0.05) is 63.6 Å². The zero-order valence-corrected chi connectivity index (χ0v) is 18.7. The minimum atomic E-state index is -1.18. The molecule has 0 aromatic rings. The number of hydrogen-bond donors (Lipinski definition) is 0. The highest BCUT2D eigenvalue weighted by molar-refractivity contribution is 6.76. The van der Waals surface area contributed by atoms with Gasteiger partial charge in [-0.2, -0.15) is 0 Å². The molecule has 0 aliphatic carbocycles. The van der Waals surface area contributed by atoms with Crippen molar-refractivity contribution in [1.82, 2.24) is 4.90 Å². The Morgan fingerprint density at radius 3 is 1.52 bits per heavy atom. The van der Waals surface area contributed by atoms with E-state index in [2.05, 4.69) is 51.4 Å². The lowest BCUT2D eigenvalue weighted by Gasteiger charge is -2.17. The third-order valence-corrected chi connectivity index (χ3v) is 7.67. The minimum absolute atomic E-state index is 0.0984. The van der Waals surface area contributed by atoms with Crippen molar-refractivity contribution in [3.05, 3.63) is 24.3 Å². The van der Waals surface area contributed by atoms with Gasteiger partial charge < -0.3 is 4.74 Å². The molecule has 2 aliphatic heterocycles. The number of carbonyl (C=O) groups excluding carboxylic acids is 2. The summed E-state index contributed by atoms with van der Waals surface area (Å²) in [5.41, 5.74) is 0. The van der Waals surface area contributed by atoms with Crippen molar-refractivity contribution in [3.63, 3.8) is 0 Å². The van der Waals surface area contributed by atoms with Crippen LogP contribution in [0.5, 0.6) is 0 Å². The number of carbonyl (C=O) groups is 2. The first-order chi connectivity index (χ1) is 11.4. The van der Waals surface area contributed by atoms with E-state index in [0.29, 0.717) is 0 Å². The molecule has 140 valence electrons. The van der Waals surface area contributed by atoms with Crippen LogP contribution in [0.4, 0.5) is 0 Å². The molecule has 0 bridgehead atoms. The van der Waals surface area contributed by atoms with Crippen LogP contribution in [0.2, 0.25) is 51.4 Å². The van der Waals surface area contributed by atoms with Crippen molar-refractivity contribution in [1.29, 1.82) is 0 Å². The zero-order valence-electron chi connectivity index (χ0n) is 16.7. The summed E-state index contributed by atoms with van der Waals surface area (Å²) in [6.45, 7) is 13.9. The number of fused-ring (bicyclic) bond motifs is 1. The predicted octanol–water partition coefficient (Wildman–Crippen LogP) is 3.77. The van der Waals surface area contributed by atoms with Gasteiger partial charge in [0.25, 0.3) is 0 Å². The third-order valence-electron chi connectivity index (χ3n) is 4.75. The largest absolute Gasteiger partial charge is 0.365 e. The first-order valence-electron chi connectivity index (χ1n) is 9.21. The second kappa shape index (κ2) is 7.33. The van der Waals surface area contributed by atoms with E-state index in [1.807, 2.05) is 12.2 Å². The number of imide groups is 1. The van der Waals surface area contributed by atoms with Crippen LogP contribution in [0.3, 0.4) is 0 Å². The van der Waals surface area contributed by atoms with Gasteiger partial charge in [0.05, 0.1) is 24.0 Å². The van der Waals surface area contributed by atoms with Gasteiger partial charge in [0.15, 0.2) is 0 Å². The summed E-state index contributed by atoms with van der Waals surface area (Å²) in [6, 6.07) is 2.11. The maximum atomic E-state index is 12.5. The molecular weight excluding hydrogens is 346 g/mol. The number of amides is 2. The molecule has 6 heteroatoms. The first kappa shape index (κ1) is 20.3. The molecule has 0 N–H and O–H groups in total.